The Hall–Kier alpha value is -8.40. The standard InChI is InChI=1S/C52H56N4O18/c1-27(2)43(55-51(63)68-26-41-39-14-10-8-12-37(39)38-13-9-11-15-40(38)41)49(61)53-28(3)48(60)54-34-18-16-33(25-69-52(64)73-36-21-19-35(20-22-36)56(65)66)32(24-34)17-23-42-44(70-29(4)57)45(71-30(5)58)46(72-31(6)59)47(74-42)50(62)67-7/h8-16,18-22,24,27-28,41-47H,17,23,25-26H2,1-7H3,(H,53,61)(H,54,60)(H,55,63)/t28?,42-,43?,44-,45+,46-,47?/m0/s1. The first-order valence-corrected chi connectivity index (χ1v) is 23.4. The quantitative estimate of drug-likeness (QED) is 0.0320. The number of carbonyl (C=O) groups excluding carboxylic acids is 8. The van der Waals surface area contributed by atoms with Gasteiger partial charge in [0.15, 0.2) is 24.4 Å². The van der Waals surface area contributed by atoms with E-state index in [0.29, 0.717) is 11.1 Å². The van der Waals surface area contributed by atoms with Gasteiger partial charge in [-0.2, -0.15) is 0 Å². The third-order valence-corrected chi connectivity index (χ3v) is 12.1. The largest absolute Gasteiger partial charge is 0.514 e. The van der Waals surface area contributed by atoms with E-state index in [1.54, 1.807) is 13.8 Å². The van der Waals surface area contributed by atoms with Crippen molar-refractivity contribution in [2.45, 2.75) is 110 Å². The number of aryl methyl sites for hydroxylation is 1. The summed E-state index contributed by atoms with van der Waals surface area (Å²) in [6, 6.07) is 22.7. The Bertz CT molecular complexity index is 2720. The molecule has 4 aromatic rings. The van der Waals surface area contributed by atoms with Crippen LogP contribution in [0.1, 0.15) is 76.1 Å². The van der Waals surface area contributed by atoms with E-state index in [1.807, 2.05) is 48.5 Å². The number of esters is 4. The van der Waals surface area contributed by atoms with Crippen molar-refractivity contribution in [3.63, 3.8) is 0 Å². The van der Waals surface area contributed by atoms with Crippen molar-refractivity contribution >= 4 is 59.3 Å². The monoisotopic (exact) mass is 1020 g/mol. The number of methoxy groups -OCH3 is 1. The van der Waals surface area contributed by atoms with Gasteiger partial charge in [0, 0.05) is 44.5 Å². The fourth-order valence-corrected chi connectivity index (χ4v) is 8.63. The Morgan fingerprint density at radius 1 is 0.703 bits per heavy atom. The maximum absolute atomic E-state index is 13.7. The van der Waals surface area contributed by atoms with Crippen LogP contribution in [0.15, 0.2) is 91.0 Å². The van der Waals surface area contributed by atoms with Gasteiger partial charge in [0.2, 0.25) is 11.8 Å². The van der Waals surface area contributed by atoms with Gasteiger partial charge in [0.05, 0.1) is 18.1 Å². The number of non-ortho nitro benzene ring substituents is 1. The van der Waals surface area contributed by atoms with E-state index in [9.17, 15) is 48.5 Å². The van der Waals surface area contributed by atoms with Gasteiger partial charge >= 0.3 is 36.1 Å². The summed E-state index contributed by atoms with van der Waals surface area (Å²) >= 11 is 0. The molecule has 2 aliphatic rings. The van der Waals surface area contributed by atoms with E-state index >= 15 is 0 Å². The smallest absolute Gasteiger partial charge is 0.467 e. The Kier molecular flexibility index (Phi) is 18.4. The molecular formula is C52H56N4O18. The van der Waals surface area contributed by atoms with E-state index in [-0.39, 0.29) is 42.5 Å². The molecule has 1 heterocycles. The van der Waals surface area contributed by atoms with Gasteiger partial charge in [0.1, 0.15) is 31.0 Å². The second-order valence-electron chi connectivity index (χ2n) is 17.7. The van der Waals surface area contributed by atoms with Crippen LogP contribution in [0.3, 0.4) is 0 Å². The zero-order valence-electron chi connectivity index (χ0n) is 41.5. The van der Waals surface area contributed by atoms with Gasteiger partial charge < -0.3 is 53.8 Å². The van der Waals surface area contributed by atoms with Gasteiger partial charge in [-0.1, -0.05) is 68.4 Å². The number of ether oxygens (including phenoxy) is 8. The Balaban J connectivity index is 1.17. The average molecular weight is 1030 g/mol. The summed E-state index contributed by atoms with van der Waals surface area (Å²) in [4.78, 5) is 114. The minimum atomic E-state index is -1.66. The maximum atomic E-state index is 13.7. The molecule has 1 fully saturated rings. The minimum Gasteiger partial charge on any atom is -0.467 e. The van der Waals surface area contributed by atoms with E-state index in [2.05, 4.69) is 16.0 Å². The van der Waals surface area contributed by atoms with Gasteiger partial charge in [-0.15, -0.1) is 0 Å². The SMILES string of the molecule is COC(=O)C1O[C@@H](CCc2cc(NC(=O)C(C)NC(=O)C(NC(=O)OCC3c4ccccc4-c4ccccc43)C(C)C)ccc2COC(=O)Oc2ccc([N+](=O)[O-])cc2)[C@H](OC(C)=O)[C@@H](OC(C)=O)[C@@H]1OC(C)=O. The molecule has 0 aromatic heterocycles. The predicted octanol–water partition coefficient (Wildman–Crippen LogP) is 5.99. The lowest BCUT2D eigenvalue weighted by Gasteiger charge is -2.43. The normalized spacial score (nSPS) is 18.5. The van der Waals surface area contributed by atoms with Crippen molar-refractivity contribution in [2.75, 3.05) is 19.0 Å². The van der Waals surface area contributed by atoms with Crippen LogP contribution in [0.25, 0.3) is 11.1 Å². The van der Waals surface area contributed by atoms with Crippen LogP contribution in [-0.4, -0.2) is 109 Å². The van der Waals surface area contributed by atoms with Gasteiger partial charge in [-0.25, -0.2) is 14.4 Å². The summed E-state index contributed by atoms with van der Waals surface area (Å²) in [5, 5.41) is 19.1. The molecule has 3 N–H and O–H groups in total. The number of nitrogens with zero attached hydrogens (tertiary/aromatic N) is 1. The van der Waals surface area contributed by atoms with Gasteiger partial charge in [-0.3, -0.25) is 34.1 Å². The summed E-state index contributed by atoms with van der Waals surface area (Å²) in [6.45, 7) is 7.66. The highest BCUT2D eigenvalue weighted by Gasteiger charge is 2.54. The van der Waals surface area contributed by atoms with Crippen molar-refractivity contribution < 1.29 is 81.2 Å². The summed E-state index contributed by atoms with van der Waals surface area (Å²) in [5.74, 6) is -5.60. The number of anilines is 1. The Morgan fingerprint density at radius 2 is 1.30 bits per heavy atom. The molecule has 74 heavy (non-hydrogen) atoms. The van der Waals surface area contributed by atoms with E-state index in [4.69, 9.17) is 37.9 Å². The number of nitro groups is 1. The van der Waals surface area contributed by atoms with Crippen molar-refractivity contribution in [1.29, 1.82) is 0 Å². The fourth-order valence-electron chi connectivity index (χ4n) is 8.63. The number of benzene rings is 4. The molecule has 3 unspecified atom stereocenters. The number of carbonyl (C=O) groups is 8. The highest BCUT2D eigenvalue weighted by Crippen LogP contribution is 2.44. The number of fused-ring (bicyclic) bond motifs is 3. The molecule has 392 valence electrons. The predicted molar refractivity (Wildman–Crippen MR) is 259 cm³/mol. The number of hydrogen-bond acceptors (Lipinski definition) is 18. The molecule has 1 aliphatic carbocycles. The topological polar surface area (TPSA) is 290 Å². The number of rotatable bonds is 19. The minimum absolute atomic E-state index is 0.0179. The van der Waals surface area contributed by atoms with Crippen LogP contribution in [0.5, 0.6) is 5.75 Å². The van der Waals surface area contributed by atoms with Crippen molar-refractivity contribution in [1.82, 2.24) is 10.6 Å². The van der Waals surface area contributed by atoms with E-state index < -0.39 is 108 Å². The van der Waals surface area contributed by atoms with Gasteiger partial charge in [-0.05, 0) is 83.3 Å². The highest BCUT2D eigenvalue weighted by molar-refractivity contribution is 5.98. The fraction of sp³-hybridized carbons (Fsp3) is 0.385. The Labute approximate surface area is 424 Å². The molecule has 0 radical (unpaired) electrons. The van der Waals surface area contributed by atoms with Gasteiger partial charge in [0.25, 0.3) is 5.69 Å². The zero-order chi connectivity index (χ0) is 53.8. The lowest BCUT2D eigenvalue weighted by atomic mass is 9.90. The van der Waals surface area contributed by atoms with Crippen molar-refractivity contribution in [2.24, 2.45) is 5.92 Å². The molecule has 1 aliphatic heterocycles. The highest BCUT2D eigenvalue weighted by atomic mass is 16.7. The van der Waals surface area contributed by atoms with Crippen LogP contribution in [0, 0.1) is 16.0 Å². The first-order chi connectivity index (χ1) is 35.2. The van der Waals surface area contributed by atoms with Crippen LogP contribution in [0.4, 0.5) is 21.0 Å². The zero-order valence-corrected chi connectivity index (χ0v) is 41.5. The van der Waals surface area contributed by atoms with Crippen molar-refractivity contribution in [3.05, 3.63) is 123 Å². The molecule has 6 rings (SSSR count). The van der Waals surface area contributed by atoms with Crippen LogP contribution < -0.4 is 20.7 Å². The second kappa shape index (κ2) is 24.8. The molecule has 22 heteroatoms. The third-order valence-electron chi connectivity index (χ3n) is 12.1. The molecule has 22 nitrogen and oxygen atoms in total. The number of amides is 3. The average Bonchev–Trinajstić information content (AvgIpc) is 3.67. The Morgan fingerprint density at radius 3 is 1.88 bits per heavy atom. The lowest BCUT2D eigenvalue weighted by molar-refractivity contribution is -0.384. The number of alkyl carbamates (subject to hydrolysis) is 1. The molecule has 7 atom stereocenters. The lowest BCUT2D eigenvalue weighted by Crippen LogP contribution is -2.63. The number of hydrogen-bond donors (Lipinski definition) is 3. The summed E-state index contributed by atoms with van der Waals surface area (Å²) in [6.07, 6.45) is -9.65. The number of nitrogens with one attached hydrogen (secondary N) is 3. The second-order valence-corrected chi connectivity index (χ2v) is 17.7. The molecular weight excluding hydrogens is 969 g/mol. The number of nitro benzene ring substituents is 1. The molecule has 0 spiro atoms. The third kappa shape index (κ3) is 14.0. The van der Waals surface area contributed by atoms with E-state index in [0.717, 1.165) is 62.3 Å². The van der Waals surface area contributed by atoms with Crippen molar-refractivity contribution in [3.8, 4) is 16.9 Å². The maximum Gasteiger partial charge on any atom is 0.514 e. The molecule has 1 saturated heterocycles. The molecule has 3 amide bonds. The first kappa shape index (κ1) is 54.9. The van der Waals surface area contributed by atoms with Crippen LogP contribution in [-0.2, 0) is 75.0 Å². The molecule has 0 bridgehead atoms. The summed E-state index contributed by atoms with van der Waals surface area (Å²) in [7, 11) is 1.06. The summed E-state index contributed by atoms with van der Waals surface area (Å²) in [5.41, 5.74) is 4.83. The van der Waals surface area contributed by atoms with Crippen LogP contribution in [0.2, 0.25) is 0 Å². The summed E-state index contributed by atoms with van der Waals surface area (Å²) < 4.78 is 43.7. The first-order valence-electron chi connectivity index (χ1n) is 23.4. The molecule has 4 aromatic carbocycles. The van der Waals surface area contributed by atoms with E-state index in [1.165, 1.54) is 37.3 Å². The van der Waals surface area contributed by atoms with Crippen LogP contribution >= 0.6 is 0 Å². The molecule has 0 saturated carbocycles.